The summed E-state index contributed by atoms with van der Waals surface area (Å²) in [5, 5.41) is 8.84. The Morgan fingerprint density at radius 1 is 1.19 bits per heavy atom. The first-order valence-corrected chi connectivity index (χ1v) is 8.03. The molecule has 1 fully saturated rings. The first-order valence-electron chi connectivity index (χ1n) is 8.03. The van der Waals surface area contributed by atoms with Crippen LogP contribution < -0.4 is 10.1 Å². The van der Waals surface area contributed by atoms with Crippen molar-refractivity contribution in [2.24, 2.45) is 0 Å². The zero-order valence-electron chi connectivity index (χ0n) is 13.6. The molecule has 3 aromatic rings. The summed E-state index contributed by atoms with van der Waals surface area (Å²) in [6.07, 6.45) is -1.29. The highest BCUT2D eigenvalue weighted by Gasteiger charge is 2.31. The molecule has 0 atom stereocenters. The van der Waals surface area contributed by atoms with Gasteiger partial charge in [0.15, 0.2) is 5.65 Å². The molecule has 0 radical (unpaired) electrons. The fourth-order valence-electron chi connectivity index (χ4n) is 3.00. The van der Waals surface area contributed by atoms with Crippen LogP contribution in [0.2, 0.25) is 0 Å². The molecule has 1 N–H and O–H groups in total. The van der Waals surface area contributed by atoms with Crippen LogP contribution in [0.15, 0.2) is 43.1 Å². The number of nitrogens with zero attached hydrogens (tertiary/aromatic N) is 3. The van der Waals surface area contributed by atoms with E-state index < -0.39 is 6.36 Å². The first-order chi connectivity index (χ1) is 12.5. The Morgan fingerprint density at radius 2 is 1.92 bits per heavy atom. The van der Waals surface area contributed by atoms with Gasteiger partial charge in [-0.2, -0.15) is 5.10 Å². The Morgan fingerprint density at radius 3 is 2.50 bits per heavy atom. The van der Waals surface area contributed by atoms with Crippen LogP contribution in [0.25, 0.3) is 22.8 Å². The summed E-state index contributed by atoms with van der Waals surface area (Å²) < 4.78 is 42.6. The fraction of sp³-hybridized carbons (Fsp3) is 0.222. The second kappa shape index (κ2) is 6.14. The van der Waals surface area contributed by atoms with Gasteiger partial charge in [-0.15, -0.1) is 13.2 Å². The quantitative estimate of drug-likeness (QED) is 0.772. The lowest BCUT2D eigenvalue weighted by Crippen LogP contribution is -2.40. The predicted molar refractivity (Wildman–Crippen MR) is 91.2 cm³/mol. The minimum atomic E-state index is -4.72. The number of alkyl halides is 3. The van der Waals surface area contributed by atoms with Crippen LogP contribution in [-0.2, 0) is 0 Å². The number of nitrogens with one attached hydrogen (secondary N) is 1. The smallest absolute Gasteiger partial charge is 0.406 e. The van der Waals surface area contributed by atoms with Crippen molar-refractivity contribution in [2.45, 2.75) is 12.3 Å². The molecule has 0 unspecified atom stereocenters. The molecule has 2 aromatic heterocycles. The Balaban J connectivity index is 1.80. The second-order valence-corrected chi connectivity index (χ2v) is 6.00. The number of hydrogen-bond donors (Lipinski definition) is 1. The molecule has 3 heterocycles. The summed E-state index contributed by atoms with van der Waals surface area (Å²) in [7, 11) is 0. The van der Waals surface area contributed by atoms with Crippen molar-refractivity contribution in [1.29, 1.82) is 0 Å². The van der Waals surface area contributed by atoms with Crippen LogP contribution in [0.4, 0.5) is 13.2 Å². The highest BCUT2D eigenvalue weighted by atomic mass is 19.4. The highest BCUT2D eigenvalue weighted by molar-refractivity contribution is 5.89. The minimum absolute atomic E-state index is 0.273. The van der Waals surface area contributed by atoms with Gasteiger partial charge >= 0.3 is 6.36 Å². The molecule has 1 aliphatic rings. The number of ether oxygens (including phenoxy) is 1. The van der Waals surface area contributed by atoms with Gasteiger partial charge in [0.2, 0.25) is 0 Å². The molecule has 5 nitrogen and oxygen atoms in total. The molecule has 4 rings (SSSR count). The van der Waals surface area contributed by atoms with Crippen LogP contribution in [0, 0.1) is 0 Å². The van der Waals surface area contributed by atoms with E-state index in [4.69, 9.17) is 5.10 Å². The third-order valence-electron chi connectivity index (χ3n) is 4.33. The summed E-state index contributed by atoms with van der Waals surface area (Å²) in [4.78, 5) is 4.43. The van der Waals surface area contributed by atoms with Gasteiger partial charge in [-0.25, -0.2) is 9.67 Å². The maximum Gasteiger partial charge on any atom is 0.573 e. The average molecular weight is 360 g/mol. The van der Waals surface area contributed by atoms with Crippen molar-refractivity contribution in [3.8, 4) is 11.4 Å². The van der Waals surface area contributed by atoms with Crippen molar-refractivity contribution in [1.82, 2.24) is 20.1 Å². The first kappa shape index (κ1) is 16.6. The van der Waals surface area contributed by atoms with E-state index >= 15 is 0 Å². The zero-order chi connectivity index (χ0) is 18.3. The van der Waals surface area contributed by atoms with E-state index in [1.807, 2.05) is 6.07 Å². The lowest BCUT2D eigenvalue weighted by molar-refractivity contribution is -0.274. The molecule has 0 amide bonds. The highest BCUT2D eigenvalue weighted by Crippen LogP contribution is 2.32. The summed E-state index contributed by atoms with van der Waals surface area (Å²) >= 11 is 0. The number of hydrogen-bond acceptors (Lipinski definition) is 4. The monoisotopic (exact) mass is 360 g/mol. The Hall–Kier alpha value is -2.87. The van der Waals surface area contributed by atoms with Crippen molar-refractivity contribution in [3.05, 3.63) is 54.4 Å². The van der Waals surface area contributed by atoms with Crippen LogP contribution in [0.3, 0.4) is 0 Å². The van der Waals surface area contributed by atoms with E-state index in [0.29, 0.717) is 11.3 Å². The van der Waals surface area contributed by atoms with Gasteiger partial charge in [0.05, 0.1) is 16.8 Å². The molecule has 26 heavy (non-hydrogen) atoms. The van der Waals surface area contributed by atoms with Gasteiger partial charge in [-0.1, -0.05) is 12.7 Å². The summed E-state index contributed by atoms with van der Waals surface area (Å²) in [5.74, 6) is -0.00430. The predicted octanol–water partition coefficient (Wildman–Crippen LogP) is 3.65. The number of pyridine rings is 1. The van der Waals surface area contributed by atoms with Gasteiger partial charge in [0, 0.05) is 25.2 Å². The van der Waals surface area contributed by atoms with Crippen LogP contribution >= 0.6 is 0 Å². The van der Waals surface area contributed by atoms with Crippen molar-refractivity contribution < 1.29 is 17.9 Å². The van der Waals surface area contributed by atoms with Crippen molar-refractivity contribution >= 4 is 17.1 Å². The largest absolute Gasteiger partial charge is 0.573 e. The van der Waals surface area contributed by atoms with Gasteiger partial charge in [-0.3, -0.25) is 0 Å². The lowest BCUT2D eigenvalue weighted by atomic mass is 9.95. The summed E-state index contributed by atoms with van der Waals surface area (Å²) in [5.41, 5.74) is 3.10. The van der Waals surface area contributed by atoms with Crippen molar-refractivity contribution in [2.75, 3.05) is 13.1 Å². The topological polar surface area (TPSA) is 52.0 Å². The third kappa shape index (κ3) is 2.92. The van der Waals surface area contributed by atoms with Crippen LogP contribution in [0.5, 0.6) is 5.75 Å². The fourth-order valence-corrected chi connectivity index (χ4v) is 3.00. The summed E-state index contributed by atoms with van der Waals surface area (Å²) in [6, 6.07) is 7.45. The van der Waals surface area contributed by atoms with Gasteiger partial charge < -0.3 is 10.1 Å². The molecule has 1 aliphatic heterocycles. The lowest BCUT2D eigenvalue weighted by Gasteiger charge is -2.25. The molecule has 0 aliphatic carbocycles. The van der Waals surface area contributed by atoms with Gasteiger partial charge in [-0.05, 0) is 35.9 Å². The Bertz CT molecular complexity index is 959. The SMILES string of the molecule is C=Cc1ccnc2c1c(C1CNC1)nn2-c1ccc(OC(F)(F)F)cc1. The molecule has 0 spiro atoms. The van der Waals surface area contributed by atoms with Gasteiger partial charge in [0.1, 0.15) is 5.75 Å². The van der Waals surface area contributed by atoms with Crippen molar-refractivity contribution in [3.63, 3.8) is 0 Å². The van der Waals surface area contributed by atoms with E-state index in [1.54, 1.807) is 17.0 Å². The number of benzene rings is 1. The maximum atomic E-state index is 12.3. The van der Waals surface area contributed by atoms with Crippen LogP contribution in [-0.4, -0.2) is 34.2 Å². The molecule has 1 saturated heterocycles. The Labute approximate surface area is 147 Å². The number of aromatic nitrogens is 3. The Kier molecular flexibility index (Phi) is 3.91. The maximum absolute atomic E-state index is 12.3. The van der Waals surface area contributed by atoms with E-state index in [0.717, 1.165) is 29.7 Å². The average Bonchev–Trinajstić information content (AvgIpc) is 2.92. The molecular formula is C18H15F3N4O. The second-order valence-electron chi connectivity index (χ2n) is 6.00. The third-order valence-corrected chi connectivity index (χ3v) is 4.33. The molecule has 134 valence electrons. The molecule has 0 saturated carbocycles. The van der Waals surface area contributed by atoms with E-state index in [9.17, 15) is 13.2 Å². The van der Waals surface area contributed by atoms with E-state index in [-0.39, 0.29) is 11.7 Å². The standard InChI is InChI=1S/C18H15F3N4O/c1-2-11-7-8-23-17-15(11)16(12-9-22-10-12)24-25(17)13-3-5-14(6-4-13)26-18(19,20)21/h2-8,12,22H,1,9-10H2. The molecule has 0 bridgehead atoms. The normalized spacial score (nSPS) is 15.0. The minimum Gasteiger partial charge on any atom is -0.406 e. The zero-order valence-corrected chi connectivity index (χ0v) is 13.6. The summed E-state index contributed by atoms with van der Waals surface area (Å²) in [6.45, 7) is 5.51. The molecule has 8 heteroatoms. The van der Waals surface area contributed by atoms with Crippen LogP contribution in [0.1, 0.15) is 17.2 Å². The number of fused-ring (bicyclic) bond motifs is 1. The molecular weight excluding hydrogens is 345 g/mol. The van der Waals surface area contributed by atoms with E-state index in [2.05, 4.69) is 21.6 Å². The number of rotatable bonds is 4. The molecule has 1 aromatic carbocycles. The number of halogens is 3. The van der Waals surface area contributed by atoms with E-state index in [1.165, 1.54) is 24.3 Å². The van der Waals surface area contributed by atoms with Gasteiger partial charge in [0.25, 0.3) is 0 Å².